The predicted molar refractivity (Wildman–Crippen MR) is 110 cm³/mol. The van der Waals surface area contributed by atoms with E-state index >= 15 is 0 Å². The van der Waals surface area contributed by atoms with Gasteiger partial charge in [-0.3, -0.25) is 4.79 Å². The van der Waals surface area contributed by atoms with E-state index in [-0.39, 0.29) is 18.1 Å². The van der Waals surface area contributed by atoms with Crippen LogP contribution in [0.4, 0.5) is 0 Å². The molecule has 1 amide bonds. The molecule has 146 valence electrons. The molecule has 0 unspecified atom stereocenters. The number of aromatic nitrogens is 3. The van der Waals surface area contributed by atoms with Crippen molar-refractivity contribution in [2.24, 2.45) is 0 Å². The lowest BCUT2D eigenvalue weighted by atomic mass is 10.1. The second-order valence-corrected chi connectivity index (χ2v) is 7.11. The number of morpholine rings is 1. The first kappa shape index (κ1) is 18.9. The molecule has 1 saturated heterocycles. The second-order valence-electron chi connectivity index (χ2n) is 7.11. The summed E-state index contributed by atoms with van der Waals surface area (Å²) in [6, 6.07) is 13.0. The first-order valence-corrected chi connectivity index (χ1v) is 9.62. The minimum atomic E-state index is -0.0140. The Labute approximate surface area is 170 Å². The summed E-state index contributed by atoms with van der Waals surface area (Å²) in [6.07, 6.45) is 5.32. The van der Waals surface area contributed by atoms with Crippen molar-refractivity contribution < 1.29 is 9.53 Å². The molecule has 6 heteroatoms. The molecule has 1 aromatic carbocycles. The van der Waals surface area contributed by atoms with Crippen LogP contribution in [0.1, 0.15) is 35.5 Å². The van der Waals surface area contributed by atoms with Gasteiger partial charge in [-0.25, -0.2) is 9.67 Å². The maximum absolute atomic E-state index is 13.1. The smallest absolute Gasteiger partial charge is 0.254 e. The second kappa shape index (κ2) is 8.29. The molecule has 6 nitrogen and oxygen atoms in total. The molecule has 4 rings (SSSR count). The van der Waals surface area contributed by atoms with Gasteiger partial charge >= 0.3 is 0 Å². The Morgan fingerprint density at radius 1 is 1.07 bits per heavy atom. The lowest BCUT2D eigenvalue weighted by Crippen LogP contribution is -2.48. The van der Waals surface area contributed by atoms with E-state index in [9.17, 15) is 4.79 Å². The van der Waals surface area contributed by atoms with Crippen molar-refractivity contribution in [1.82, 2.24) is 19.7 Å². The number of rotatable bonds is 2. The van der Waals surface area contributed by atoms with Gasteiger partial charge in [-0.05, 0) is 56.2 Å². The standard InChI is InChI=1S/C23H22N4O2/c1-17-15-26(16-18(2)29-17)23(28)20-8-10-22(27-13-5-12-25-27)19(14-20)7-9-21-6-3-4-11-24-21/h3-6,8,10-14,17-18H,15-16H2,1-2H3/t17-,18-/m0/s1. The number of ether oxygens (including phenoxy) is 1. The molecule has 2 atom stereocenters. The van der Waals surface area contributed by atoms with E-state index in [4.69, 9.17) is 4.74 Å². The Morgan fingerprint density at radius 3 is 2.59 bits per heavy atom. The fraction of sp³-hybridized carbons (Fsp3) is 0.261. The third kappa shape index (κ3) is 4.36. The molecule has 0 aliphatic carbocycles. The molecule has 3 heterocycles. The molecule has 0 N–H and O–H groups in total. The van der Waals surface area contributed by atoms with Crippen molar-refractivity contribution in [2.45, 2.75) is 26.1 Å². The minimum Gasteiger partial charge on any atom is -0.372 e. The maximum atomic E-state index is 13.1. The number of carbonyl (C=O) groups is 1. The number of benzene rings is 1. The summed E-state index contributed by atoms with van der Waals surface area (Å²) in [5.74, 6) is 6.23. The summed E-state index contributed by atoms with van der Waals surface area (Å²) < 4.78 is 7.49. The zero-order chi connectivity index (χ0) is 20.2. The molecule has 3 aromatic rings. The Balaban J connectivity index is 1.70. The van der Waals surface area contributed by atoms with Crippen LogP contribution in [0.5, 0.6) is 0 Å². The molecular formula is C23H22N4O2. The molecular weight excluding hydrogens is 364 g/mol. The van der Waals surface area contributed by atoms with Crippen molar-refractivity contribution in [3.63, 3.8) is 0 Å². The van der Waals surface area contributed by atoms with Crippen molar-refractivity contribution in [3.8, 4) is 17.5 Å². The maximum Gasteiger partial charge on any atom is 0.254 e. The van der Waals surface area contributed by atoms with Gasteiger partial charge in [0.1, 0.15) is 5.69 Å². The summed E-state index contributed by atoms with van der Waals surface area (Å²) in [4.78, 5) is 19.2. The van der Waals surface area contributed by atoms with Crippen molar-refractivity contribution >= 4 is 5.91 Å². The summed E-state index contributed by atoms with van der Waals surface area (Å²) in [7, 11) is 0. The molecule has 0 spiro atoms. The number of pyridine rings is 1. The van der Waals surface area contributed by atoms with E-state index in [1.807, 2.05) is 67.4 Å². The fourth-order valence-corrected chi connectivity index (χ4v) is 3.47. The van der Waals surface area contributed by atoms with Crippen molar-refractivity contribution in [2.75, 3.05) is 13.1 Å². The largest absolute Gasteiger partial charge is 0.372 e. The quantitative estimate of drug-likeness (QED) is 0.636. The van der Waals surface area contributed by atoms with Crippen LogP contribution in [0.15, 0.2) is 61.1 Å². The highest BCUT2D eigenvalue weighted by molar-refractivity contribution is 5.95. The summed E-state index contributed by atoms with van der Waals surface area (Å²) in [6.45, 7) is 5.14. The van der Waals surface area contributed by atoms with Gasteiger partial charge in [0.05, 0.1) is 23.5 Å². The van der Waals surface area contributed by atoms with Crippen LogP contribution in [0, 0.1) is 11.8 Å². The highest BCUT2D eigenvalue weighted by Crippen LogP contribution is 2.19. The van der Waals surface area contributed by atoms with E-state index < -0.39 is 0 Å². The highest BCUT2D eigenvalue weighted by atomic mass is 16.5. The highest BCUT2D eigenvalue weighted by Gasteiger charge is 2.27. The monoisotopic (exact) mass is 386 g/mol. The third-order valence-electron chi connectivity index (χ3n) is 4.69. The number of hydrogen-bond acceptors (Lipinski definition) is 4. The van der Waals surface area contributed by atoms with Crippen molar-refractivity contribution in [3.05, 3.63) is 77.9 Å². The molecule has 29 heavy (non-hydrogen) atoms. The van der Waals surface area contributed by atoms with Crippen LogP contribution in [-0.4, -0.2) is 50.9 Å². The Morgan fingerprint density at radius 2 is 1.90 bits per heavy atom. The first-order valence-electron chi connectivity index (χ1n) is 9.62. The van der Waals surface area contributed by atoms with E-state index in [0.717, 1.165) is 11.3 Å². The average molecular weight is 386 g/mol. The Kier molecular flexibility index (Phi) is 5.41. The lowest BCUT2D eigenvalue weighted by molar-refractivity contribution is -0.0586. The van der Waals surface area contributed by atoms with Gasteiger partial charge in [0.2, 0.25) is 0 Å². The third-order valence-corrected chi connectivity index (χ3v) is 4.69. The van der Waals surface area contributed by atoms with Gasteiger partial charge in [-0.1, -0.05) is 12.0 Å². The molecule has 1 fully saturated rings. The molecule has 1 aliphatic rings. The molecule has 0 bridgehead atoms. The van der Waals surface area contributed by atoms with E-state index in [2.05, 4.69) is 21.9 Å². The van der Waals surface area contributed by atoms with Crippen LogP contribution in [0.25, 0.3) is 5.69 Å². The van der Waals surface area contributed by atoms with E-state index in [1.54, 1.807) is 17.1 Å². The summed E-state index contributed by atoms with van der Waals surface area (Å²) in [5, 5.41) is 4.31. The van der Waals surface area contributed by atoms with Gasteiger partial charge in [0.15, 0.2) is 0 Å². The lowest BCUT2D eigenvalue weighted by Gasteiger charge is -2.35. The SMILES string of the molecule is C[C@H]1CN(C(=O)c2ccc(-n3cccn3)c(C#Cc3ccccn3)c2)C[C@H](C)O1. The van der Waals surface area contributed by atoms with Crippen LogP contribution >= 0.6 is 0 Å². The van der Waals surface area contributed by atoms with Gasteiger partial charge < -0.3 is 9.64 Å². The minimum absolute atomic E-state index is 0.0140. The van der Waals surface area contributed by atoms with E-state index in [0.29, 0.717) is 24.3 Å². The number of nitrogens with zero attached hydrogens (tertiary/aromatic N) is 4. The summed E-state index contributed by atoms with van der Waals surface area (Å²) >= 11 is 0. The van der Waals surface area contributed by atoms with Crippen LogP contribution in [0.2, 0.25) is 0 Å². The van der Waals surface area contributed by atoms with Crippen LogP contribution < -0.4 is 0 Å². The van der Waals surface area contributed by atoms with Crippen LogP contribution in [0.3, 0.4) is 0 Å². The number of hydrogen-bond donors (Lipinski definition) is 0. The molecule has 1 aliphatic heterocycles. The van der Waals surface area contributed by atoms with Gasteiger partial charge in [0.25, 0.3) is 5.91 Å². The first-order chi connectivity index (χ1) is 14.1. The molecule has 0 radical (unpaired) electrons. The summed E-state index contributed by atoms with van der Waals surface area (Å²) in [5.41, 5.74) is 2.82. The van der Waals surface area contributed by atoms with E-state index in [1.165, 1.54) is 0 Å². The Bertz CT molecular complexity index is 1040. The Hall–Kier alpha value is -3.43. The van der Waals surface area contributed by atoms with Crippen LogP contribution in [-0.2, 0) is 4.74 Å². The number of carbonyl (C=O) groups excluding carboxylic acids is 1. The zero-order valence-corrected chi connectivity index (χ0v) is 16.4. The zero-order valence-electron chi connectivity index (χ0n) is 16.4. The topological polar surface area (TPSA) is 60.2 Å². The average Bonchev–Trinajstić information content (AvgIpc) is 3.26. The molecule has 2 aromatic heterocycles. The van der Waals surface area contributed by atoms with Crippen molar-refractivity contribution in [1.29, 1.82) is 0 Å². The van der Waals surface area contributed by atoms with Gasteiger partial charge in [-0.2, -0.15) is 5.10 Å². The normalized spacial score (nSPS) is 18.8. The molecule has 0 saturated carbocycles. The fourth-order valence-electron chi connectivity index (χ4n) is 3.47. The van der Waals surface area contributed by atoms with Gasteiger partial charge in [-0.15, -0.1) is 0 Å². The van der Waals surface area contributed by atoms with Gasteiger partial charge in [0, 0.05) is 37.2 Å². The number of amides is 1. The predicted octanol–water partition coefficient (Wildman–Crippen LogP) is 2.92.